The molecule has 0 bridgehead atoms. The van der Waals surface area contributed by atoms with E-state index in [1.807, 2.05) is 59.9 Å². The molecule has 0 spiro atoms. The molecule has 1 aromatic rings. The van der Waals surface area contributed by atoms with E-state index >= 15 is 0 Å². The molecule has 3 atom stereocenters. The number of hydrogen-bond acceptors (Lipinski definition) is 4. The van der Waals surface area contributed by atoms with E-state index in [2.05, 4.69) is 22.8 Å². The third-order valence-electron chi connectivity index (χ3n) is 7.58. The van der Waals surface area contributed by atoms with E-state index in [0.717, 1.165) is 31.2 Å². The number of nitrogens with one attached hydrogen (secondary N) is 2. The number of nitrogens with zero attached hydrogens (tertiary/aromatic N) is 1. The molecule has 2 rings (SSSR count). The normalized spacial score (nSPS) is 18.4. The number of hydrogen-bond donors (Lipinski definition) is 3. The number of likely N-dealkylation sites (N-methyl/N-ethyl adjacent to an activating group) is 2. The van der Waals surface area contributed by atoms with Crippen LogP contribution in [0.25, 0.3) is 0 Å². The second kappa shape index (κ2) is 12.0. The van der Waals surface area contributed by atoms with Crippen molar-refractivity contribution in [3.05, 3.63) is 47.5 Å². The highest BCUT2D eigenvalue weighted by atomic mass is 16.4. The van der Waals surface area contributed by atoms with Crippen LogP contribution in [0.15, 0.2) is 42.0 Å². The van der Waals surface area contributed by atoms with Crippen LogP contribution in [0.1, 0.15) is 72.8 Å². The summed E-state index contributed by atoms with van der Waals surface area (Å²) in [6, 6.07) is 8.50. The summed E-state index contributed by atoms with van der Waals surface area (Å²) in [4.78, 5) is 40.7. The summed E-state index contributed by atoms with van der Waals surface area (Å²) in [7, 11) is 3.49. The van der Waals surface area contributed by atoms with Crippen LogP contribution in [-0.4, -0.2) is 60.0 Å². The van der Waals surface area contributed by atoms with Gasteiger partial charge in [0.2, 0.25) is 11.8 Å². The van der Waals surface area contributed by atoms with E-state index in [1.54, 1.807) is 18.0 Å². The first kappa shape index (κ1) is 29.6. The van der Waals surface area contributed by atoms with E-state index in [4.69, 9.17) is 0 Å². The molecule has 0 heterocycles. The predicted octanol–water partition coefficient (Wildman–Crippen LogP) is 4.13. The maximum atomic E-state index is 13.9. The van der Waals surface area contributed by atoms with Crippen molar-refractivity contribution in [1.29, 1.82) is 0 Å². The van der Waals surface area contributed by atoms with Gasteiger partial charge in [-0.1, -0.05) is 83.9 Å². The molecule has 200 valence electrons. The highest BCUT2D eigenvalue weighted by Crippen LogP contribution is 2.44. The standard InChI is InChI=1S/C29H45N3O4/c1-19(2)22(18-20(3)27(35)36)32(8)26(34)24(28(4,5)6)31-25(33)23(30-7)29(16-12-13-17-29)21-14-10-9-11-15-21/h9-11,14-15,18-19,22-24,30H,12-13,16-17H2,1-8H3,(H,31,33)(H,35,36)/t22?,23-,24-/m1/s1. The molecule has 3 N–H and O–H groups in total. The molecule has 0 saturated heterocycles. The van der Waals surface area contributed by atoms with Crippen LogP contribution in [0.3, 0.4) is 0 Å². The van der Waals surface area contributed by atoms with Gasteiger partial charge >= 0.3 is 5.97 Å². The molecule has 1 aromatic carbocycles. The van der Waals surface area contributed by atoms with Gasteiger partial charge in [0.15, 0.2) is 0 Å². The number of carbonyl (C=O) groups excluding carboxylic acids is 2. The highest BCUT2D eigenvalue weighted by molar-refractivity contribution is 5.92. The zero-order valence-electron chi connectivity index (χ0n) is 23.2. The second-order valence-corrected chi connectivity index (χ2v) is 11.6. The fraction of sp³-hybridized carbons (Fsp3) is 0.621. The Morgan fingerprint density at radius 3 is 2.08 bits per heavy atom. The van der Waals surface area contributed by atoms with E-state index in [-0.39, 0.29) is 28.7 Å². The Bertz CT molecular complexity index is 943. The maximum Gasteiger partial charge on any atom is 0.331 e. The number of amides is 2. The lowest BCUT2D eigenvalue weighted by Crippen LogP contribution is -2.62. The van der Waals surface area contributed by atoms with Crippen LogP contribution in [0, 0.1) is 11.3 Å². The molecule has 7 nitrogen and oxygen atoms in total. The minimum Gasteiger partial charge on any atom is -0.478 e. The van der Waals surface area contributed by atoms with E-state index in [9.17, 15) is 19.5 Å². The molecule has 2 amide bonds. The number of benzene rings is 1. The molecule has 1 aliphatic carbocycles. The number of carboxylic acids is 1. The van der Waals surface area contributed by atoms with Crippen molar-refractivity contribution in [2.45, 2.75) is 90.8 Å². The first-order valence-electron chi connectivity index (χ1n) is 13.0. The first-order chi connectivity index (χ1) is 16.8. The van der Waals surface area contributed by atoms with E-state index < -0.39 is 29.5 Å². The van der Waals surface area contributed by atoms with Crippen molar-refractivity contribution in [3.8, 4) is 0 Å². The fourth-order valence-electron chi connectivity index (χ4n) is 5.48. The molecule has 7 heteroatoms. The molecule has 0 aromatic heterocycles. The summed E-state index contributed by atoms with van der Waals surface area (Å²) in [5, 5.41) is 15.7. The Morgan fingerprint density at radius 2 is 1.64 bits per heavy atom. The van der Waals surface area contributed by atoms with Crippen LogP contribution in [0.2, 0.25) is 0 Å². The lowest BCUT2D eigenvalue weighted by molar-refractivity contribution is -0.141. The molecule has 36 heavy (non-hydrogen) atoms. The van der Waals surface area contributed by atoms with Crippen LogP contribution >= 0.6 is 0 Å². The Labute approximate surface area is 216 Å². The summed E-state index contributed by atoms with van der Waals surface area (Å²) in [5.74, 6) is -1.45. The van der Waals surface area contributed by atoms with Crippen LogP contribution in [-0.2, 0) is 19.8 Å². The largest absolute Gasteiger partial charge is 0.478 e. The Kier molecular flexibility index (Phi) is 9.89. The van der Waals surface area contributed by atoms with Gasteiger partial charge < -0.3 is 20.6 Å². The van der Waals surface area contributed by atoms with Crippen molar-refractivity contribution in [1.82, 2.24) is 15.5 Å². The molecule has 1 saturated carbocycles. The van der Waals surface area contributed by atoms with Gasteiger partial charge in [-0.25, -0.2) is 4.79 Å². The minimum atomic E-state index is -1.01. The lowest BCUT2D eigenvalue weighted by Gasteiger charge is -2.41. The molecule has 0 aliphatic heterocycles. The summed E-state index contributed by atoms with van der Waals surface area (Å²) in [5.41, 5.74) is 0.439. The highest BCUT2D eigenvalue weighted by Gasteiger charge is 2.47. The zero-order valence-corrected chi connectivity index (χ0v) is 23.2. The zero-order chi connectivity index (χ0) is 27.3. The van der Waals surface area contributed by atoms with Crippen molar-refractivity contribution in [2.75, 3.05) is 14.1 Å². The van der Waals surface area contributed by atoms with Gasteiger partial charge in [0.25, 0.3) is 0 Å². The van der Waals surface area contributed by atoms with Crippen LogP contribution in [0.5, 0.6) is 0 Å². The Morgan fingerprint density at radius 1 is 1.08 bits per heavy atom. The third kappa shape index (κ3) is 6.55. The van der Waals surface area contributed by atoms with Crippen molar-refractivity contribution in [2.24, 2.45) is 11.3 Å². The van der Waals surface area contributed by atoms with Crippen LogP contribution in [0.4, 0.5) is 0 Å². The smallest absolute Gasteiger partial charge is 0.331 e. The van der Waals surface area contributed by atoms with Crippen molar-refractivity contribution in [3.63, 3.8) is 0 Å². The second-order valence-electron chi connectivity index (χ2n) is 11.6. The molecule has 1 unspecified atom stereocenters. The van der Waals surface area contributed by atoms with Crippen LogP contribution < -0.4 is 10.6 Å². The summed E-state index contributed by atoms with van der Waals surface area (Å²) in [6.45, 7) is 11.2. The average Bonchev–Trinajstić information content (AvgIpc) is 3.30. The molecular formula is C29H45N3O4. The molecule has 1 aliphatic rings. The van der Waals surface area contributed by atoms with Gasteiger partial charge in [-0.15, -0.1) is 0 Å². The van der Waals surface area contributed by atoms with Gasteiger partial charge in [0.1, 0.15) is 6.04 Å². The number of aliphatic carboxylic acids is 1. The monoisotopic (exact) mass is 499 g/mol. The van der Waals surface area contributed by atoms with Crippen molar-refractivity contribution >= 4 is 17.8 Å². The minimum absolute atomic E-state index is 0.00512. The topological polar surface area (TPSA) is 98.7 Å². The number of carboxylic acid groups (broad SMARTS) is 1. The number of rotatable bonds is 10. The fourth-order valence-corrected chi connectivity index (χ4v) is 5.48. The van der Waals surface area contributed by atoms with Gasteiger partial charge in [-0.05, 0) is 43.7 Å². The lowest BCUT2D eigenvalue weighted by atomic mass is 9.72. The quantitative estimate of drug-likeness (QED) is 0.421. The summed E-state index contributed by atoms with van der Waals surface area (Å²) < 4.78 is 0. The van der Waals surface area contributed by atoms with E-state index in [0.29, 0.717) is 0 Å². The van der Waals surface area contributed by atoms with Gasteiger partial charge in [0, 0.05) is 18.0 Å². The van der Waals surface area contributed by atoms with Gasteiger partial charge in [-0.3, -0.25) is 9.59 Å². The van der Waals surface area contributed by atoms with E-state index in [1.165, 1.54) is 6.92 Å². The van der Waals surface area contributed by atoms with Gasteiger partial charge in [-0.2, -0.15) is 0 Å². The SMILES string of the molecule is CN[C@H](C(=O)N[C@H](C(=O)N(C)C(C=C(C)C(=O)O)C(C)C)C(C)(C)C)C1(c2ccccc2)CCCC1. The Hall–Kier alpha value is -2.67. The van der Waals surface area contributed by atoms with Crippen molar-refractivity contribution < 1.29 is 19.5 Å². The Balaban J connectivity index is 2.39. The molecule has 0 radical (unpaired) electrons. The molecular weight excluding hydrogens is 454 g/mol. The molecule has 1 fully saturated rings. The first-order valence-corrected chi connectivity index (χ1v) is 13.0. The third-order valence-corrected chi connectivity index (χ3v) is 7.58. The van der Waals surface area contributed by atoms with Gasteiger partial charge in [0.05, 0.1) is 12.1 Å². The number of carbonyl (C=O) groups is 3. The summed E-state index contributed by atoms with van der Waals surface area (Å²) in [6.07, 6.45) is 5.52. The summed E-state index contributed by atoms with van der Waals surface area (Å²) >= 11 is 0. The predicted molar refractivity (Wildman–Crippen MR) is 144 cm³/mol. The maximum absolute atomic E-state index is 13.9. The average molecular weight is 500 g/mol.